The molecular formula is C18H36N2O. The highest BCUT2D eigenvalue weighted by Crippen LogP contribution is 2.39. The van der Waals surface area contributed by atoms with Crippen molar-refractivity contribution < 1.29 is 4.74 Å². The van der Waals surface area contributed by atoms with Crippen LogP contribution in [-0.4, -0.2) is 42.3 Å². The van der Waals surface area contributed by atoms with Gasteiger partial charge in [0.1, 0.15) is 0 Å². The van der Waals surface area contributed by atoms with Gasteiger partial charge in [0.2, 0.25) is 0 Å². The molecule has 0 amide bonds. The molecule has 0 saturated carbocycles. The molecule has 2 N–H and O–H groups in total. The van der Waals surface area contributed by atoms with Gasteiger partial charge in [-0.3, -0.25) is 4.90 Å². The van der Waals surface area contributed by atoms with Crippen molar-refractivity contribution in [3.05, 3.63) is 0 Å². The Morgan fingerprint density at radius 2 is 2.05 bits per heavy atom. The van der Waals surface area contributed by atoms with E-state index in [4.69, 9.17) is 10.5 Å². The lowest BCUT2D eigenvalue weighted by molar-refractivity contribution is -0.128. The molecule has 2 fully saturated rings. The molecule has 0 aliphatic carbocycles. The molecule has 21 heavy (non-hydrogen) atoms. The number of ether oxygens (including phenoxy) is 1. The zero-order valence-electron chi connectivity index (χ0n) is 14.5. The zero-order chi connectivity index (χ0) is 15.3. The van der Waals surface area contributed by atoms with E-state index in [1.54, 1.807) is 0 Å². The Hall–Kier alpha value is -0.120. The minimum absolute atomic E-state index is 0.0206. The van der Waals surface area contributed by atoms with Gasteiger partial charge in [0.05, 0.1) is 5.60 Å². The fourth-order valence-electron chi connectivity index (χ4n) is 4.46. The van der Waals surface area contributed by atoms with Gasteiger partial charge < -0.3 is 10.5 Å². The molecule has 0 bridgehead atoms. The highest BCUT2D eigenvalue weighted by molar-refractivity contribution is 5.01. The Bertz CT molecular complexity index is 322. The Labute approximate surface area is 131 Å². The van der Waals surface area contributed by atoms with Gasteiger partial charge in [0.25, 0.3) is 0 Å². The van der Waals surface area contributed by atoms with E-state index in [0.29, 0.717) is 0 Å². The molecule has 124 valence electrons. The van der Waals surface area contributed by atoms with Gasteiger partial charge >= 0.3 is 0 Å². The number of nitrogens with two attached hydrogens (primary N) is 1. The van der Waals surface area contributed by atoms with Crippen LogP contribution in [0, 0.1) is 5.92 Å². The summed E-state index contributed by atoms with van der Waals surface area (Å²) in [6.45, 7) is 11.0. The Kier molecular flexibility index (Phi) is 6.10. The quantitative estimate of drug-likeness (QED) is 0.843. The molecule has 0 aromatic carbocycles. The second-order valence-electron chi connectivity index (χ2n) is 7.58. The summed E-state index contributed by atoms with van der Waals surface area (Å²) in [5.74, 6) is 0.937. The predicted molar refractivity (Wildman–Crippen MR) is 89.5 cm³/mol. The molecule has 0 spiro atoms. The highest BCUT2D eigenvalue weighted by atomic mass is 16.5. The fraction of sp³-hybridized carbons (Fsp3) is 1.00. The van der Waals surface area contributed by atoms with Crippen LogP contribution in [-0.2, 0) is 4.74 Å². The lowest BCUT2D eigenvalue weighted by Crippen LogP contribution is -2.61. The summed E-state index contributed by atoms with van der Waals surface area (Å²) < 4.78 is 6.07. The van der Waals surface area contributed by atoms with Crippen LogP contribution in [0.4, 0.5) is 0 Å². The summed E-state index contributed by atoms with van der Waals surface area (Å²) in [4.78, 5) is 2.74. The highest BCUT2D eigenvalue weighted by Gasteiger charge is 2.45. The molecule has 3 atom stereocenters. The van der Waals surface area contributed by atoms with Crippen LogP contribution >= 0.6 is 0 Å². The standard InChI is InChI=1S/C18H36N2O/c1-4-7-16-8-6-11-20(12-9-16)18(15-19)10-13-21-17(3,5-2)14-18/h16H,4-15,19H2,1-3H3. The molecule has 0 radical (unpaired) electrons. The summed E-state index contributed by atoms with van der Waals surface area (Å²) >= 11 is 0. The van der Waals surface area contributed by atoms with E-state index in [1.165, 1.54) is 45.2 Å². The third-order valence-corrected chi connectivity index (χ3v) is 6.06. The normalized spacial score (nSPS) is 39.1. The molecular weight excluding hydrogens is 260 g/mol. The molecule has 2 aliphatic heterocycles. The van der Waals surface area contributed by atoms with Crippen LogP contribution < -0.4 is 5.73 Å². The topological polar surface area (TPSA) is 38.5 Å². The van der Waals surface area contributed by atoms with Crippen LogP contribution in [0.1, 0.15) is 72.1 Å². The maximum Gasteiger partial charge on any atom is 0.0670 e. The number of hydrogen-bond donors (Lipinski definition) is 1. The minimum Gasteiger partial charge on any atom is -0.375 e. The number of hydrogen-bond acceptors (Lipinski definition) is 3. The van der Waals surface area contributed by atoms with Crippen molar-refractivity contribution >= 4 is 0 Å². The summed E-state index contributed by atoms with van der Waals surface area (Å²) in [6.07, 6.45) is 10.1. The van der Waals surface area contributed by atoms with Crippen LogP contribution in [0.3, 0.4) is 0 Å². The van der Waals surface area contributed by atoms with Crippen molar-refractivity contribution in [3.63, 3.8) is 0 Å². The SMILES string of the molecule is CCCC1CCCN(C2(CN)CCOC(C)(CC)C2)CC1. The second kappa shape index (κ2) is 7.43. The van der Waals surface area contributed by atoms with Crippen LogP contribution in [0.2, 0.25) is 0 Å². The van der Waals surface area contributed by atoms with E-state index in [-0.39, 0.29) is 11.1 Å². The van der Waals surface area contributed by atoms with E-state index in [0.717, 1.165) is 38.3 Å². The Balaban J connectivity index is 2.06. The van der Waals surface area contributed by atoms with Gasteiger partial charge in [-0.25, -0.2) is 0 Å². The van der Waals surface area contributed by atoms with E-state index in [2.05, 4.69) is 25.7 Å². The molecule has 2 heterocycles. The van der Waals surface area contributed by atoms with Crippen molar-refractivity contribution in [2.24, 2.45) is 11.7 Å². The monoisotopic (exact) mass is 296 g/mol. The lowest BCUT2D eigenvalue weighted by Gasteiger charge is -2.51. The summed E-state index contributed by atoms with van der Waals surface area (Å²) in [5.41, 5.74) is 6.50. The maximum absolute atomic E-state index is 6.29. The average molecular weight is 296 g/mol. The van der Waals surface area contributed by atoms with Gasteiger partial charge in [-0.1, -0.05) is 26.7 Å². The van der Waals surface area contributed by atoms with Crippen LogP contribution in [0.25, 0.3) is 0 Å². The molecule has 3 unspecified atom stereocenters. The number of nitrogens with zero attached hydrogens (tertiary/aromatic N) is 1. The van der Waals surface area contributed by atoms with Crippen molar-refractivity contribution in [2.75, 3.05) is 26.2 Å². The second-order valence-corrected chi connectivity index (χ2v) is 7.58. The molecule has 0 aromatic heterocycles. The van der Waals surface area contributed by atoms with E-state index in [1.807, 2.05) is 0 Å². The lowest BCUT2D eigenvalue weighted by atomic mass is 9.77. The predicted octanol–water partition coefficient (Wildman–Crippen LogP) is 3.57. The first kappa shape index (κ1) is 17.2. The molecule has 0 aromatic rings. The molecule has 2 saturated heterocycles. The van der Waals surface area contributed by atoms with Crippen molar-refractivity contribution in [2.45, 2.75) is 83.3 Å². The van der Waals surface area contributed by atoms with Gasteiger partial charge in [-0.05, 0) is 64.5 Å². The van der Waals surface area contributed by atoms with E-state index in [9.17, 15) is 0 Å². The van der Waals surface area contributed by atoms with Crippen LogP contribution in [0.5, 0.6) is 0 Å². The first-order valence-electron chi connectivity index (χ1n) is 9.16. The van der Waals surface area contributed by atoms with E-state index >= 15 is 0 Å². The first-order chi connectivity index (χ1) is 10.1. The Morgan fingerprint density at radius 3 is 2.71 bits per heavy atom. The van der Waals surface area contributed by atoms with E-state index < -0.39 is 0 Å². The third kappa shape index (κ3) is 4.00. The molecule has 3 heteroatoms. The third-order valence-electron chi connectivity index (χ3n) is 6.06. The van der Waals surface area contributed by atoms with Gasteiger partial charge in [-0.15, -0.1) is 0 Å². The van der Waals surface area contributed by atoms with Gasteiger partial charge in [-0.2, -0.15) is 0 Å². The largest absolute Gasteiger partial charge is 0.375 e. The number of rotatable bonds is 5. The summed E-state index contributed by atoms with van der Waals surface area (Å²) in [6, 6.07) is 0. The molecule has 2 aliphatic rings. The fourth-order valence-corrected chi connectivity index (χ4v) is 4.46. The van der Waals surface area contributed by atoms with Gasteiger partial charge in [0, 0.05) is 18.7 Å². The zero-order valence-corrected chi connectivity index (χ0v) is 14.5. The molecule has 2 rings (SSSR count). The first-order valence-corrected chi connectivity index (χ1v) is 9.16. The summed E-state index contributed by atoms with van der Waals surface area (Å²) in [7, 11) is 0. The Morgan fingerprint density at radius 1 is 1.24 bits per heavy atom. The van der Waals surface area contributed by atoms with Gasteiger partial charge in [0.15, 0.2) is 0 Å². The van der Waals surface area contributed by atoms with Crippen molar-refractivity contribution in [1.82, 2.24) is 4.90 Å². The maximum atomic E-state index is 6.29. The van der Waals surface area contributed by atoms with Crippen molar-refractivity contribution in [1.29, 1.82) is 0 Å². The minimum atomic E-state index is 0.0206. The molecule has 3 nitrogen and oxygen atoms in total. The number of likely N-dealkylation sites (tertiary alicyclic amines) is 1. The summed E-state index contributed by atoms with van der Waals surface area (Å²) in [5, 5.41) is 0. The average Bonchev–Trinajstić information content (AvgIpc) is 2.74. The van der Waals surface area contributed by atoms with Crippen molar-refractivity contribution in [3.8, 4) is 0 Å². The smallest absolute Gasteiger partial charge is 0.0670 e. The van der Waals surface area contributed by atoms with Crippen LogP contribution in [0.15, 0.2) is 0 Å².